The van der Waals surface area contributed by atoms with Gasteiger partial charge in [0.1, 0.15) is 0 Å². The zero-order valence-electron chi connectivity index (χ0n) is 34.9. The number of anilines is 1. The van der Waals surface area contributed by atoms with E-state index in [9.17, 15) is 0 Å². The van der Waals surface area contributed by atoms with Gasteiger partial charge in [0.15, 0.2) is 0 Å². The molecule has 0 bridgehead atoms. The van der Waals surface area contributed by atoms with Gasteiger partial charge in [-0.2, -0.15) is 0 Å². The van der Waals surface area contributed by atoms with E-state index in [2.05, 4.69) is 224 Å². The molecule has 1 unspecified atom stereocenters. The van der Waals surface area contributed by atoms with Crippen LogP contribution < -0.4 is 4.90 Å². The van der Waals surface area contributed by atoms with Crippen molar-refractivity contribution in [2.24, 2.45) is 0 Å². The van der Waals surface area contributed by atoms with Gasteiger partial charge in [-0.3, -0.25) is 0 Å². The average molecular weight is 785 g/mol. The Morgan fingerprint density at radius 2 is 1.33 bits per heavy atom. The fraction of sp³-hybridized carbons (Fsp3) is 0.119. The van der Waals surface area contributed by atoms with Gasteiger partial charge in [-0.05, 0) is 136 Å². The Labute approximate surface area is 359 Å². The minimum absolute atomic E-state index is 0.0734. The number of para-hydroxylation sites is 1. The average Bonchev–Trinajstić information content (AvgIpc) is 3.77. The van der Waals surface area contributed by atoms with Crippen LogP contribution in [0.3, 0.4) is 0 Å². The first-order valence-corrected chi connectivity index (χ1v) is 21.7. The molecule has 61 heavy (non-hydrogen) atoms. The number of allylic oxidation sites excluding steroid dienone is 7. The predicted octanol–water partition coefficient (Wildman–Crippen LogP) is 15.6. The van der Waals surface area contributed by atoms with Gasteiger partial charge in [-0.15, -0.1) is 0 Å². The molecular weight excluding hydrogens is 737 g/mol. The van der Waals surface area contributed by atoms with Crippen molar-refractivity contribution in [1.29, 1.82) is 0 Å². The molecule has 8 aromatic rings. The molecule has 0 saturated heterocycles. The van der Waals surface area contributed by atoms with E-state index >= 15 is 0 Å². The van der Waals surface area contributed by atoms with Crippen molar-refractivity contribution in [3.63, 3.8) is 0 Å². The molecule has 0 aliphatic heterocycles. The van der Waals surface area contributed by atoms with Gasteiger partial charge in [0, 0.05) is 44.9 Å². The fourth-order valence-electron chi connectivity index (χ4n) is 10.2. The molecule has 3 aliphatic rings. The van der Waals surface area contributed by atoms with E-state index in [0.717, 1.165) is 24.8 Å². The third kappa shape index (κ3) is 6.33. The van der Waals surface area contributed by atoms with Crippen molar-refractivity contribution in [1.82, 2.24) is 4.57 Å². The second-order valence-electron chi connectivity index (χ2n) is 17.3. The smallest absolute Gasteiger partial charge is 0.0541 e. The van der Waals surface area contributed by atoms with Crippen LogP contribution in [0, 0.1) is 0 Å². The van der Waals surface area contributed by atoms with E-state index in [1.165, 1.54) is 94.7 Å². The number of hydrogen-bond acceptors (Lipinski definition) is 1. The lowest BCUT2D eigenvalue weighted by Crippen LogP contribution is -2.24. The van der Waals surface area contributed by atoms with Crippen LogP contribution in [0.15, 0.2) is 212 Å². The van der Waals surface area contributed by atoms with Crippen molar-refractivity contribution in [3.05, 3.63) is 240 Å². The zero-order chi connectivity index (χ0) is 41.1. The summed E-state index contributed by atoms with van der Waals surface area (Å²) in [6.45, 7) is 8.70. The molecule has 2 heteroatoms. The Hall–Kier alpha value is -7.16. The molecule has 0 N–H and O–H groups in total. The molecule has 0 spiro atoms. The van der Waals surface area contributed by atoms with Crippen LogP contribution in [0.4, 0.5) is 5.69 Å². The molecule has 11 rings (SSSR count). The third-order valence-corrected chi connectivity index (χ3v) is 13.4. The molecular formula is C59H48N2. The monoisotopic (exact) mass is 784 g/mol. The first kappa shape index (κ1) is 36.9. The Morgan fingerprint density at radius 1 is 0.623 bits per heavy atom. The van der Waals surface area contributed by atoms with Gasteiger partial charge in [-0.1, -0.05) is 160 Å². The summed E-state index contributed by atoms with van der Waals surface area (Å²) in [5.74, 6) is 0.262. The van der Waals surface area contributed by atoms with E-state index in [-0.39, 0.29) is 11.3 Å². The summed E-state index contributed by atoms with van der Waals surface area (Å²) in [7, 11) is 0. The predicted molar refractivity (Wildman–Crippen MR) is 259 cm³/mol. The first-order valence-electron chi connectivity index (χ1n) is 21.7. The van der Waals surface area contributed by atoms with E-state index in [1.54, 1.807) is 0 Å². The Bertz CT molecular complexity index is 3130. The minimum atomic E-state index is -0.0734. The molecule has 1 atom stereocenters. The summed E-state index contributed by atoms with van der Waals surface area (Å²) < 4.78 is 2.41. The highest BCUT2D eigenvalue weighted by Gasteiger charge is 2.36. The molecule has 1 heterocycles. The number of aromatic nitrogens is 1. The number of rotatable bonds is 8. The van der Waals surface area contributed by atoms with Gasteiger partial charge in [-0.25, -0.2) is 0 Å². The SMILES string of the molecule is C=Cc1ccc(-c2ccc3c(c2)c2cc(C4C=CC(N(C5=CC=C(c6ccccc6)CC5)c5ccc6c(c5)C(C)(C)c5ccccc5-6)=CC4)ccc2n3-c2ccccc2)cc1. The van der Waals surface area contributed by atoms with E-state index in [1.807, 2.05) is 6.08 Å². The normalized spacial score (nSPS) is 16.4. The Morgan fingerprint density at radius 3 is 2.07 bits per heavy atom. The number of nitrogens with zero attached hydrogens (tertiary/aromatic N) is 2. The summed E-state index contributed by atoms with van der Waals surface area (Å²) in [6.07, 6.45) is 16.8. The Balaban J connectivity index is 0.973. The maximum absolute atomic E-state index is 3.95. The number of hydrogen-bond donors (Lipinski definition) is 0. The molecule has 7 aromatic carbocycles. The topological polar surface area (TPSA) is 8.17 Å². The summed E-state index contributed by atoms with van der Waals surface area (Å²) in [5.41, 5.74) is 20.4. The van der Waals surface area contributed by atoms with Crippen molar-refractivity contribution in [2.45, 2.75) is 44.4 Å². The van der Waals surface area contributed by atoms with Crippen LogP contribution >= 0.6 is 0 Å². The molecule has 2 nitrogen and oxygen atoms in total. The summed E-state index contributed by atoms with van der Waals surface area (Å²) >= 11 is 0. The Kier molecular flexibility index (Phi) is 8.97. The molecule has 0 amide bonds. The lowest BCUT2D eigenvalue weighted by Gasteiger charge is -2.33. The maximum atomic E-state index is 3.95. The first-order chi connectivity index (χ1) is 29.9. The van der Waals surface area contributed by atoms with Gasteiger partial charge in [0.05, 0.1) is 11.0 Å². The summed E-state index contributed by atoms with van der Waals surface area (Å²) in [6, 6.07) is 60.4. The number of benzene rings is 7. The van der Waals surface area contributed by atoms with Crippen molar-refractivity contribution >= 4 is 39.1 Å². The standard InChI is InChI=1S/C59H48N2/c1-4-40-19-21-43(22-20-40)45-27-35-57-53(37-45)54-38-46(28-36-58(54)61(57)47-15-9-6-10-16-47)44-25-31-49(32-26-44)60(48-29-23-42(24-30-48)41-13-7-5-8-14-41)50-33-34-52-51-17-11-12-18-55(51)59(2,3)56(52)39-50/h4-23,25,27-29,31-39,44H,1,24,26,30H2,2-3H3. The van der Waals surface area contributed by atoms with Crippen molar-refractivity contribution in [3.8, 4) is 27.9 Å². The van der Waals surface area contributed by atoms with E-state index < -0.39 is 0 Å². The molecule has 0 fully saturated rings. The van der Waals surface area contributed by atoms with Crippen molar-refractivity contribution < 1.29 is 0 Å². The highest BCUT2D eigenvalue weighted by molar-refractivity contribution is 6.10. The second kappa shape index (κ2) is 14.8. The van der Waals surface area contributed by atoms with E-state index in [4.69, 9.17) is 0 Å². The summed E-state index contributed by atoms with van der Waals surface area (Å²) in [5, 5.41) is 2.54. The van der Waals surface area contributed by atoms with Crippen molar-refractivity contribution in [2.75, 3.05) is 4.90 Å². The minimum Gasteiger partial charge on any atom is -0.315 e. The van der Waals surface area contributed by atoms with Gasteiger partial charge in [0.25, 0.3) is 0 Å². The van der Waals surface area contributed by atoms with Crippen LogP contribution in [-0.2, 0) is 5.41 Å². The van der Waals surface area contributed by atoms with Crippen LogP contribution in [-0.4, -0.2) is 4.57 Å². The quantitative estimate of drug-likeness (QED) is 0.149. The van der Waals surface area contributed by atoms with Crippen LogP contribution in [0.5, 0.6) is 0 Å². The highest BCUT2D eigenvalue weighted by Crippen LogP contribution is 2.50. The molecule has 0 radical (unpaired) electrons. The molecule has 0 saturated carbocycles. The van der Waals surface area contributed by atoms with E-state index in [0.29, 0.717) is 0 Å². The molecule has 3 aliphatic carbocycles. The van der Waals surface area contributed by atoms with Crippen LogP contribution in [0.1, 0.15) is 66.8 Å². The summed E-state index contributed by atoms with van der Waals surface area (Å²) in [4.78, 5) is 2.53. The lowest BCUT2D eigenvalue weighted by atomic mass is 9.82. The highest BCUT2D eigenvalue weighted by atomic mass is 15.2. The van der Waals surface area contributed by atoms with Gasteiger partial charge < -0.3 is 9.47 Å². The van der Waals surface area contributed by atoms with Gasteiger partial charge >= 0.3 is 0 Å². The van der Waals surface area contributed by atoms with Crippen LogP contribution in [0.2, 0.25) is 0 Å². The van der Waals surface area contributed by atoms with Crippen LogP contribution in [0.25, 0.3) is 61.4 Å². The molecule has 1 aromatic heterocycles. The third-order valence-electron chi connectivity index (χ3n) is 13.4. The zero-order valence-corrected chi connectivity index (χ0v) is 34.9. The fourth-order valence-corrected chi connectivity index (χ4v) is 10.2. The number of fused-ring (bicyclic) bond motifs is 6. The largest absolute Gasteiger partial charge is 0.315 e. The van der Waals surface area contributed by atoms with Gasteiger partial charge in [0.2, 0.25) is 0 Å². The lowest BCUT2D eigenvalue weighted by molar-refractivity contribution is 0.660. The second-order valence-corrected chi connectivity index (χ2v) is 17.3. The molecule has 294 valence electrons. The maximum Gasteiger partial charge on any atom is 0.0541 e.